The van der Waals surface area contributed by atoms with Gasteiger partial charge in [-0.25, -0.2) is 0 Å². The number of hydrogen-bond donors (Lipinski definition) is 0. The second-order valence-corrected chi connectivity index (χ2v) is 11.2. The molecule has 2 aromatic carbocycles. The SMILES string of the molecule is CC(=O)c1ccc(/C(=C/[Si](C)(C)c2ccccn2)c2ccccc2)cc1. The number of Topliss-reactive ketones (excluding diaryl/α,β-unsaturated/α-hetero) is 1. The molecule has 2 nitrogen and oxygen atoms in total. The number of hydrogen-bond acceptors (Lipinski definition) is 2. The van der Waals surface area contributed by atoms with E-state index in [1.54, 1.807) is 6.92 Å². The summed E-state index contributed by atoms with van der Waals surface area (Å²) < 4.78 is 0. The number of aromatic nitrogens is 1. The van der Waals surface area contributed by atoms with Gasteiger partial charge < -0.3 is 0 Å². The van der Waals surface area contributed by atoms with Crippen LogP contribution in [0.25, 0.3) is 5.57 Å². The zero-order valence-corrected chi connectivity index (χ0v) is 16.4. The lowest BCUT2D eigenvalue weighted by Gasteiger charge is -2.20. The van der Waals surface area contributed by atoms with Crippen LogP contribution < -0.4 is 5.32 Å². The molecule has 0 spiro atoms. The highest BCUT2D eigenvalue weighted by molar-refractivity contribution is 6.94. The van der Waals surface area contributed by atoms with Gasteiger partial charge in [0.05, 0.1) is 0 Å². The van der Waals surface area contributed by atoms with Crippen LogP contribution in [-0.2, 0) is 0 Å². The number of ketones is 1. The minimum Gasteiger partial charge on any atom is -0.295 e. The molecule has 0 saturated carbocycles. The molecule has 0 aliphatic rings. The molecule has 0 aliphatic heterocycles. The molecule has 3 rings (SSSR count). The van der Waals surface area contributed by atoms with Crippen LogP contribution in [0.3, 0.4) is 0 Å². The first-order chi connectivity index (χ1) is 12.5. The van der Waals surface area contributed by atoms with Crippen molar-refractivity contribution >= 4 is 24.7 Å². The molecule has 0 N–H and O–H groups in total. The van der Waals surface area contributed by atoms with Crippen molar-refractivity contribution in [3.05, 3.63) is 101 Å². The Morgan fingerprint density at radius 2 is 1.38 bits per heavy atom. The lowest BCUT2D eigenvalue weighted by molar-refractivity contribution is 0.101. The normalized spacial score (nSPS) is 12.0. The summed E-state index contributed by atoms with van der Waals surface area (Å²) in [4.78, 5) is 16.2. The molecular weight excluding hydrogens is 334 g/mol. The fourth-order valence-corrected chi connectivity index (χ4v) is 5.15. The van der Waals surface area contributed by atoms with Crippen LogP contribution in [0.4, 0.5) is 0 Å². The van der Waals surface area contributed by atoms with Crippen molar-refractivity contribution in [2.75, 3.05) is 0 Å². The van der Waals surface area contributed by atoms with Gasteiger partial charge in [-0.2, -0.15) is 0 Å². The lowest BCUT2D eigenvalue weighted by atomic mass is 9.98. The lowest BCUT2D eigenvalue weighted by Crippen LogP contribution is -2.41. The van der Waals surface area contributed by atoms with Crippen LogP contribution in [0, 0.1) is 0 Å². The fourth-order valence-electron chi connectivity index (χ4n) is 3.01. The van der Waals surface area contributed by atoms with Crippen molar-refractivity contribution < 1.29 is 4.79 Å². The molecule has 3 heteroatoms. The monoisotopic (exact) mass is 357 g/mol. The Morgan fingerprint density at radius 1 is 0.808 bits per heavy atom. The van der Waals surface area contributed by atoms with Gasteiger partial charge in [0.1, 0.15) is 8.07 Å². The summed E-state index contributed by atoms with van der Waals surface area (Å²) in [5.74, 6) is 0.0879. The minimum absolute atomic E-state index is 0.0879. The average Bonchev–Trinajstić information content (AvgIpc) is 2.68. The molecule has 26 heavy (non-hydrogen) atoms. The molecule has 0 unspecified atom stereocenters. The van der Waals surface area contributed by atoms with E-state index in [0.29, 0.717) is 0 Å². The van der Waals surface area contributed by atoms with E-state index in [-0.39, 0.29) is 5.78 Å². The molecule has 0 bridgehead atoms. The van der Waals surface area contributed by atoms with Crippen LogP contribution in [-0.4, -0.2) is 18.8 Å². The van der Waals surface area contributed by atoms with E-state index in [2.05, 4.69) is 60.2 Å². The zero-order valence-electron chi connectivity index (χ0n) is 15.4. The predicted molar refractivity (Wildman–Crippen MR) is 111 cm³/mol. The molecule has 0 saturated heterocycles. The van der Waals surface area contributed by atoms with Crippen LogP contribution in [0.1, 0.15) is 28.4 Å². The van der Waals surface area contributed by atoms with Crippen molar-refractivity contribution in [3.63, 3.8) is 0 Å². The van der Waals surface area contributed by atoms with Crippen molar-refractivity contribution in [3.8, 4) is 0 Å². The number of rotatable bonds is 5. The molecule has 1 aromatic heterocycles. The van der Waals surface area contributed by atoms with E-state index in [4.69, 9.17) is 0 Å². The number of carbonyl (C=O) groups is 1. The summed E-state index contributed by atoms with van der Waals surface area (Å²) in [7, 11) is -1.88. The molecule has 0 amide bonds. The molecule has 0 atom stereocenters. The average molecular weight is 358 g/mol. The van der Waals surface area contributed by atoms with Crippen LogP contribution >= 0.6 is 0 Å². The van der Waals surface area contributed by atoms with Gasteiger partial charge in [0, 0.05) is 17.1 Å². The second-order valence-electron chi connectivity index (χ2n) is 6.99. The van der Waals surface area contributed by atoms with Crippen molar-refractivity contribution in [2.24, 2.45) is 0 Å². The van der Waals surface area contributed by atoms with Gasteiger partial charge in [-0.15, -0.1) is 0 Å². The molecular formula is C23H23NOSi. The maximum absolute atomic E-state index is 11.6. The van der Waals surface area contributed by atoms with Crippen LogP contribution in [0.2, 0.25) is 13.1 Å². The topological polar surface area (TPSA) is 30.0 Å². The Labute approximate surface area is 156 Å². The van der Waals surface area contributed by atoms with Crippen molar-refractivity contribution in [2.45, 2.75) is 20.0 Å². The molecule has 3 aromatic rings. The molecule has 0 aliphatic carbocycles. The summed E-state index contributed by atoms with van der Waals surface area (Å²) >= 11 is 0. The van der Waals surface area contributed by atoms with E-state index in [1.165, 1.54) is 11.1 Å². The van der Waals surface area contributed by atoms with Gasteiger partial charge in [-0.1, -0.05) is 79.5 Å². The molecule has 0 radical (unpaired) electrons. The van der Waals surface area contributed by atoms with E-state index >= 15 is 0 Å². The minimum atomic E-state index is -1.88. The first-order valence-electron chi connectivity index (χ1n) is 8.78. The van der Waals surface area contributed by atoms with E-state index in [0.717, 1.165) is 16.4 Å². The maximum Gasteiger partial charge on any atom is 0.159 e. The standard InChI is InChI=1S/C23H23NOSi/c1-18(25)19-12-14-21(15-13-19)22(20-9-5-4-6-10-20)17-26(2,3)23-11-7-8-16-24-23/h4-17H,1-3H3/b22-17+. The number of benzene rings is 2. The Kier molecular flexibility index (Phi) is 5.28. The second kappa shape index (κ2) is 7.62. The van der Waals surface area contributed by atoms with Gasteiger partial charge in [0.2, 0.25) is 0 Å². The highest BCUT2D eigenvalue weighted by Gasteiger charge is 2.24. The quantitative estimate of drug-likeness (QED) is 0.482. The summed E-state index contributed by atoms with van der Waals surface area (Å²) in [6, 6.07) is 24.4. The van der Waals surface area contributed by atoms with Gasteiger partial charge in [0.15, 0.2) is 5.78 Å². The third kappa shape index (κ3) is 4.06. The Bertz CT molecular complexity index is 913. The zero-order chi connectivity index (χ0) is 18.6. The van der Waals surface area contributed by atoms with Crippen molar-refractivity contribution in [1.29, 1.82) is 0 Å². The summed E-state index contributed by atoms with van der Waals surface area (Å²) in [6.45, 7) is 6.21. The fraction of sp³-hybridized carbons (Fsp3) is 0.130. The third-order valence-electron chi connectivity index (χ3n) is 4.52. The van der Waals surface area contributed by atoms with Crippen LogP contribution in [0.5, 0.6) is 0 Å². The number of nitrogens with zero attached hydrogens (tertiary/aromatic N) is 1. The third-order valence-corrected chi connectivity index (χ3v) is 7.14. The first-order valence-corrected chi connectivity index (χ1v) is 11.9. The summed E-state index contributed by atoms with van der Waals surface area (Å²) in [6.07, 6.45) is 1.86. The first kappa shape index (κ1) is 18.0. The molecule has 0 fully saturated rings. The van der Waals surface area contributed by atoms with E-state index in [1.807, 2.05) is 42.6 Å². The predicted octanol–water partition coefficient (Wildman–Crippen LogP) is 4.87. The smallest absolute Gasteiger partial charge is 0.159 e. The Hall–Kier alpha value is -2.78. The Balaban J connectivity index is 2.11. The van der Waals surface area contributed by atoms with Gasteiger partial charge in [-0.3, -0.25) is 9.78 Å². The van der Waals surface area contributed by atoms with Gasteiger partial charge >= 0.3 is 0 Å². The van der Waals surface area contributed by atoms with E-state index < -0.39 is 8.07 Å². The number of pyridine rings is 1. The highest BCUT2D eigenvalue weighted by atomic mass is 28.3. The Morgan fingerprint density at radius 3 is 1.96 bits per heavy atom. The van der Waals surface area contributed by atoms with E-state index in [9.17, 15) is 4.79 Å². The molecule has 130 valence electrons. The largest absolute Gasteiger partial charge is 0.295 e. The van der Waals surface area contributed by atoms with Gasteiger partial charge in [0.25, 0.3) is 0 Å². The molecule has 1 heterocycles. The number of carbonyl (C=O) groups excluding carboxylic acids is 1. The highest BCUT2D eigenvalue weighted by Crippen LogP contribution is 2.26. The van der Waals surface area contributed by atoms with Crippen molar-refractivity contribution in [1.82, 2.24) is 4.98 Å². The summed E-state index contributed by atoms with van der Waals surface area (Å²) in [5, 5.41) is 1.16. The summed E-state index contributed by atoms with van der Waals surface area (Å²) in [5.41, 5.74) is 6.63. The van der Waals surface area contributed by atoms with Gasteiger partial charge in [-0.05, 0) is 35.8 Å². The van der Waals surface area contributed by atoms with Crippen LogP contribution in [0.15, 0.2) is 84.7 Å². The maximum atomic E-state index is 11.6.